The number of hydrogen-bond acceptors (Lipinski definition) is 5. The van der Waals surface area contributed by atoms with E-state index >= 15 is 0 Å². The van der Waals surface area contributed by atoms with Crippen LogP contribution >= 0.6 is 11.6 Å². The van der Waals surface area contributed by atoms with Crippen LogP contribution in [0.25, 0.3) is 10.9 Å². The first-order chi connectivity index (χ1) is 14.0. The fraction of sp³-hybridized carbons (Fsp3) is 0.286. The second-order valence-electron chi connectivity index (χ2n) is 7.51. The van der Waals surface area contributed by atoms with Gasteiger partial charge in [0, 0.05) is 29.9 Å². The summed E-state index contributed by atoms with van der Waals surface area (Å²) in [5.41, 5.74) is 0.170. The van der Waals surface area contributed by atoms with Crippen molar-refractivity contribution in [2.24, 2.45) is 5.92 Å². The topological polar surface area (TPSA) is 84.1 Å². The monoisotopic (exact) mass is 413 g/mol. The molecule has 0 amide bonds. The highest BCUT2D eigenvalue weighted by Crippen LogP contribution is 2.44. The van der Waals surface area contributed by atoms with E-state index in [9.17, 15) is 14.0 Å². The first kappa shape index (κ1) is 18.3. The highest BCUT2D eigenvalue weighted by molar-refractivity contribution is 6.35. The molecule has 0 aliphatic carbocycles. The fourth-order valence-electron chi connectivity index (χ4n) is 4.38. The van der Waals surface area contributed by atoms with Gasteiger partial charge in [0.1, 0.15) is 23.1 Å². The molecule has 5 rings (SSSR count). The lowest BCUT2D eigenvalue weighted by atomic mass is 9.70. The molecule has 0 bridgehead atoms. The minimum Gasteiger partial charge on any atom is -0.485 e. The minimum atomic E-state index is -1.03. The second-order valence-corrected chi connectivity index (χ2v) is 7.92. The minimum absolute atomic E-state index is 0.198. The Morgan fingerprint density at radius 2 is 2.03 bits per heavy atom. The zero-order chi connectivity index (χ0) is 20.2. The predicted molar refractivity (Wildman–Crippen MR) is 105 cm³/mol. The standard InChI is InChI=1S/C21H17ClFN3O3/c22-15-8-11(7-12-10-25-26-18(12)15)19(27)17-20(28)14-2-1-13(23)9-16(14)29-21(17)3-5-24-6-4-21/h1-2,7-10,17,24H,3-6H2,(H,25,26). The number of rotatable bonds is 2. The van der Waals surface area contributed by atoms with Crippen LogP contribution in [0.3, 0.4) is 0 Å². The number of halogens is 2. The summed E-state index contributed by atoms with van der Waals surface area (Å²) < 4.78 is 20.0. The molecule has 2 aromatic carbocycles. The number of ether oxygens (including phenoxy) is 1. The van der Waals surface area contributed by atoms with Gasteiger partial charge in [-0.05, 0) is 37.4 Å². The SMILES string of the molecule is O=C(c1cc(Cl)c2[nH]ncc2c1)C1C(=O)c2ccc(F)cc2OC12CCNCC2. The fourth-order valence-corrected chi connectivity index (χ4v) is 4.65. The van der Waals surface area contributed by atoms with Crippen molar-refractivity contribution in [3.63, 3.8) is 0 Å². The lowest BCUT2D eigenvalue weighted by molar-refractivity contribution is -0.0140. The van der Waals surface area contributed by atoms with Gasteiger partial charge in [0.05, 0.1) is 22.3 Å². The number of Topliss-reactive ketones (excluding diaryl/α,β-unsaturated/α-hetero) is 2. The van der Waals surface area contributed by atoms with Gasteiger partial charge >= 0.3 is 0 Å². The van der Waals surface area contributed by atoms with Crippen molar-refractivity contribution in [2.45, 2.75) is 18.4 Å². The van der Waals surface area contributed by atoms with Crippen LogP contribution in [0.4, 0.5) is 4.39 Å². The number of aromatic amines is 1. The molecule has 0 saturated carbocycles. The molecule has 3 heterocycles. The normalized spacial score (nSPS) is 20.5. The number of carbonyl (C=O) groups is 2. The van der Waals surface area contributed by atoms with Crippen molar-refractivity contribution >= 4 is 34.1 Å². The lowest BCUT2D eigenvalue weighted by Crippen LogP contribution is -2.58. The third-order valence-electron chi connectivity index (χ3n) is 5.81. The number of nitrogens with zero attached hydrogens (tertiary/aromatic N) is 1. The predicted octanol–water partition coefficient (Wildman–Crippen LogP) is 3.55. The molecule has 6 nitrogen and oxygen atoms in total. The van der Waals surface area contributed by atoms with Crippen molar-refractivity contribution in [1.29, 1.82) is 0 Å². The van der Waals surface area contributed by atoms with Gasteiger partial charge < -0.3 is 10.1 Å². The number of fused-ring (bicyclic) bond motifs is 2. The van der Waals surface area contributed by atoms with Crippen molar-refractivity contribution in [2.75, 3.05) is 13.1 Å². The Hall–Kier alpha value is -2.77. The Bertz CT molecular complexity index is 1150. The van der Waals surface area contributed by atoms with Crippen molar-refractivity contribution in [3.8, 4) is 5.75 Å². The van der Waals surface area contributed by atoms with Crippen LogP contribution < -0.4 is 10.1 Å². The van der Waals surface area contributed by atoms with Gasteiger partial charge in [-0.2, -0.15) is 5.10 Å². The number of aromatic nitrogens is 2. The third kappa shape index (κ3) is 2.84. The quantitative estimate of drug-likeness (QED) is 0.496. The maximum Gasteiger partial charge on any atom is 0.181 e. The Kier molecular flexibility index (Phi) is 4.18. The van der Waals surface area contributed by atoms with E-state index in [2.05, 4.69) is 15.5 Å². The molecule has 29 heavy (non-hydrogen) atoms. The second kappa shape index (κ2) is 6.64. The van der Waals surface area contributed by atoms with Gasteiger partial charge in [-0.1, -0.05) is 11.6 Å². The van der Waals surface area contributed by atoms with Crippen LogP contribution in [-0.4, -0.2) is 40.5 Å². The molecular weight excluding hydrogens is 397 g/mol. The molecule has 148 valence electrons. The Labute approximate surface area is 170 Å². The van der Waals surface area contributed by atoms with Crippen molar-refractivity contribution in [3.05, 3.63) is 58.5 Å². The summed E-state index contributed by atoms with van der Waals surface area (Å²) in [6.45, 7) is 1.20. The van der Waals surface area contributed by atoms with E-state index < -0.39 is 17.3 Å². The smallest absolute Gasteiger partial charge is 0.181 e. The third-order valence-corrected chi connectivity index (χ3v) is 6.11. The average Bonchev–Trinajstić information content (AvgIpc) is 3.17. The molecule has 1 atom stereocenters. The number of ketones is 2. The summed E-state index contributed by atoms with van der Waals surface area (Å²) >= 11 is 6.31. The zero-order valence-corrected chi connectivity index (χ0v) is 16.1. The molecule has 1 unspecified atom stereocenters. The average molecular weight is 414 g/mol. The van der Waals surface area contributed by atoms with Gasteiger partial charge in [0.15, 0.2) is 11.6 Å². The van der Waals surface area contributed by atoms with Crippen molar-refractivity contribution < 1.29 is 18.7 Å². The zero-order valence-electron chi connectivity index (χ0n) is 15.3. The van der Waals surface area contributed by atoms with Crippen LogP contribution in [0, 0.1) is 11.7 Å². The molecule has 8 heteroatoms. The highest BCUT2D eigenvalue weighted by atomic mass is 35.5. The van der Waals surface area contributed by atoms with Crippen molar-refractivity contribution in [1.82, 2.24) is 15.5 Å². The van der Waals surface area contributed by atoms with E-state index in [1.165, 1.54) is 18.2 Å². The molecule has 2 N–H and O–H groups in total. The Balaban J connectivity index is 1.64. The summed E-state index contributed by atoms with van der Waals surface area (Å²) in [6, 6.07) is 7.03. The van der Waals surface area contributed by atoms with Crippen LogP contribution in [0.5, 0.6) is 5.75 Å². The first-order valence-electron chi connectivity index (χ1n) is 9.39. The van der Waals surface area contributed by atoms with Crippen LogP contribution in [0.15, 0.2) is 36.5 Å². The van der Waals surface area contributed by atoms with Gasteiger partial charge in [-0.25, -0.2) is 4.39 Å². The molecule has 3 aromatic rings. The number of H-pyrrole nitrogens is 1. The van der Waals surface area contributed by atoms with E-state index in [1.54, 1.807) is 18.3 Å². The number of benzene rings is 2. The summed E-state index contributed by atoms with van der Waals surface area (Å²) in [5.74, 6) is -2.01. The molecular formula is C21H17ClFN3O3. The number of hydrogen-bond donors (Lipinski definition) is 2. The maximum atomic E-state index is 13.8. The lowest BCUT2D eigenvalue weighted by Gasteiger charge is -2.45. The van der Waals surface area contributed by atoms with Gasteiger partial charge in [0.25, 0.3) is 0 Å². The van der Waals surface area contributed by atoms with Gasteiger partial charge in [-0.3, -0.25) is 14.7 Å². The Morgan fingerprint density at radius 1 is 1.24 bits per heavy atom. The number of nitrogens with one attached hydrogen (secondary N) is 2. The van der Waals surface area contributed by atoms with Crippen LogP contribution in [0.1, 0.15) is 33.6 Å². The van der Waals surface area contributed by atoms with Gasteiger partial charge in [-0.15, -0.1) is 0 Å². The largest absolute Gasteiger partial charge is 0.485 e. The summed E-state index contributed by atoms with van der Waals surface area (Å²) in [7, 11) is 0. The molecule has 0 radical (unpaired) electrons. The van der Waals surface area contributed by atoms with E-state index in [0.29, 0.717) is 47.4 Å². The Morgan fingerprint density at radius 3 is 2.83 bits per heavy atom. The molecule has 1 fully saturated rings. The molecule has 1 spiro atoms. The van der Waals surface area contributed by atoms with E-state index in [4.69, 9.17) is 16.3 Å². The maximum absolute atomic E-state index is 13.8. The van der Waals surface area contributed by atoms with Crippen LogP contribution in [-0.2, 0) is 0 Å². The molecule has 2 aliphatic rings. The molecule has 2 aliphatic heterocycles. The summed E-state index contributed by atoms with van der Waals surface area (Å²) in [4.78, 5) is 27.0. The highest BCUT2D eigenvalue weighted by Gasteiger charge is 2.53. The van der Waals surface area contributed by atoms with Crippen LogP contribution in [0.2, 0.25) is 5.02 Å². The molecule has 1 aromatic heterocycles. The van der Waals surface area contributed by atoms with Gasteiger partial charge in [0.2, 0.25) is 0 Å². The number of carbonyl (C=O) groups excluding carboxylic acids is 2. The van der Waals surface area contributed by atoms with E-state index in [-0.39, 0.29) is 22.9 Å². The van der Waals surface area contributed by atoms with E-state index in [1.807, 2.05) is 0 Å². The number of piperidine rings is 1. The first-order valence-corrected chi connectivity index (χ1v) is 9.77. The summed E-state index contributed by atoms with van der Waals surface area (Å²) in [6.07, 6.45) is 2.51. The molecule has 1 saturated heterocycles. The van der Waals surface area contributed by atoms with E-state index in [0.717, 1.165) is 0 Å². The summed E-state index contributed by atoms with van der Waals surface area (Å²) in [5, 5.41) is 11.0.